The molecule has 21 heavy (non-hydrogen) atoms. The lowest BCUT2D eigenvalue weighted by atomic mass is 10.2. The van der Waals surface area contributed by atoms with Crippen LogP contribution in [-0.2, 0) is 0 Å². The second-order valence-corrected chi connectivity index (χ2v) is 5.49. The minimum Gasteiger partial charge on any atom is -0.495 e. The van der Waals surface area contributed by atoms with Crippen molar-refractivity contribution in [3.05, 3.63) is 44.6 Å². The van der Waals surface area contributed by atoms with E-state index in [-0.39, 0.29) is 11.3 Å². The zero-order valence-corrected chi connectivity index (χ0v) is 12.8. The standard InChI is InChI=1S/C14H12ClNO4S/c1-7-6-21-12(11(7)15)13(17)16-9-5-8(14(18)19)3-4-10(9)20-2/h3-6H,1-2H3,(H,16,17)(H,18,19). The van der Waals surface area contributed by atoms with Crippen molar-refractivity contribution >= 4 is 40.5 Å². The molecule has 110 valence electrons. The molecule has 0 radical (unpaired) electrons. The Morgan fingerprint density at radius 2 is 2.10 bits per heavy atom. The number of carboxylic acids is 1. The highest BCUT2D eigenvalue weighted by atomic mass is 35.5. The highest BCUT2D eigenvalue weighted by Crippen LogP contribution is 2.30. The number of hydrogen-bond acceptors (Lipinski definition) is 4. The fourth-order valence-corrected chi connectivity index (χ4v) is 2.87. The third kappa shape index (κ3) is 3.17. The first-order valence-electron chi connectivity index (χ1n) is 5.90. The van der Waals surface area contributed by atoms with Gasteiger partial charge in [0.1, 0.15) is 10.6 Å². The topological polar surface area (TPSA) is 75.6 Å². The average Bonchev–Trinajstić information content (AvgIpc) is 2.78. The molecular formula is C14H12ClNO4S. The van der Waals surface area contributed by atoms with Gasteiger partial charge in [-0.05, 0) is 36.1 Å². The Kier molecular flexibility index (Phi) is 4.50. The van der Waals surface area contributed by atoms with Crippen molar-refractivity contribution < 1.29 is 19.4 Å². The number of carboxylic acid groups (broad SMARTS) is 1. The van der Waals surface area contributed by atoms with Crippen molar-refractivity contribution in [1.82, 2.24) is 0 Å². The second-order valence-electron chi connectivity index (χ2n) is 4.24. The molecule has 0 aliphatic heterocycles. The highest BCUT2D eigenvalue weighted by molar-refractivity contribution is 7.13. The summed E-state index contributed by atoms with van der Waals surface area (Å²) in [6, 6.07) is 4.23. The smallest absolute Gasteiger partial charge is 0.335 e. The van der Waals surface area contributed by atoms with Crippen LogP contribution in [0.4, 0.5) is 5.69 Å². The van der Waals surface area contributed by atoms with Crippen LogP contribution in [0.15, 0.2) is 23.6 Å². The molecule has 0 saturated carbocycles. The number of ether oxygens (including phenoxy) is 1. The van der Waals surface area contributed by atoms with Crippen molar-refractivity contribution in [3.8, 4) is 5.75 Å². The Morgan fingerprint density at radius 1 is 1.38 bits per heavy atom. The maximum atomic E-state index is 12.2. The molecule has 0 aliphatic carbocycles. The molecule has 2 aromatic rings. The van der Waals surface area contributed by atoms with E-state index in [0.717, 1.165) is 5.56 Å². The van der Waals surface area contributed by atoms with Crippen LogP contribution in [0, 0.1) is 6.92 Å². The number of rotatable bonds is 4. The fraction of sp³-hybridized carbons (Fsp3) is 0.143. The zero-order chi connectivity index (χ0) is 15.6. The number of halogens is 1. The number of anilines is 1. The molecule has 1 heterocycles. The predicted molar refractivity (Wildman–Crippen MR) is 82.0 cm³/mol. The molecule has 5 nitrogen and oxygen atoms in total. The van der Waals surface area contributed by atoms with Gasteiger partial charge in [0.25, 0.3) is 5.91 Å². The number of aryl methyl sites for hydroxylation is 1. The van der Waals surface area contributed by atoms with Gasteiger partial charge in [-0.3, -0.25) is 4.79 Å². The summed E-state index contributed by atoms with van der Waals surface area (Å²) in [5.74, 6) is -1.12. The van der Waals surface area contributed by atoms with Gasteiger partial charge in [-0.25, -0.2) is 4.79 Å². The number of carbonyl (C=O) groups is 2. The number of amides is 1. The molecule has 1 aromatic heterocycles. The Labute approximate surface area is 130 Å². The quantitative estimate of drug-likeness (QED) is 0.899. The Hall–Kier alpha value is -2.05. The number of methoxy groups -OCH3 is 1. The van der Waals surface area contributed by atoms with E-state index < -0.39 is 11.9 Å². The van der Waals surface area contributed by atoms with Gasteiger partial charge in [0, 0.05) is 0 Å². The van der Waals surface area contributed by atoms with E-state index >= 15 is 0 Å². The number of nitrogens with one attached hydrogen (secondary N) is 1. The van der Waals surface area contributed by atoms with E-state index in [2.05, 4.69) is 5.32 Å². The van der Waals surface area contributed by atoms with Crippen molar-refractivity contribution in [3.63, 3.8) is 0 Å². The zero-order valence-electron chi connectivity index (χ0n) is 11.3. The van der Waals surface area contributed by atoms with Gasteiger partial charge in [0.15, 0.2) is 0 Å². The van der Waals surface area contributed by atoms with Crippen molar-refractivity contribution in [2.45, 2.75) is 6.92 Å². The summed E-state index contributed by atoms with van der Waals surface area (Å²) >= 11 is 7.28. The summed E-state index contributed by atoms with van der Waals surface area (Å²) in [6.45, 7) is 1.81. The molecule has 0 spiro atoms. The van der Waals surface area contributed by atoms with Gasteiger partial charge in [-0.1, -0.05) is 11.6 Å². The molecule has 7 heteroatoms. The van der Waals surface area contributed by atoms with Crippen LogP contribution in [0.25, 0.3) is 0 Å². The average molecular weight is 326 g/mol. The SMILES string of the molecule is COc1ccc(C(=O)O)cc1NC(=O)c1scc(C)c1Cl. The largest absolute Gasteiger partial charge is 0.495 e. The lowest BCUT2D eigenvalue weighted by molar-refractivity contribution is 0.0696. The Balaban J connectivity index is 2.33. The van der Waals surface area contributed by atoms with Crippen LogP contribution in [-0.4, -0.2) is 24.1 Å². The highest BCUT2D eigenvalue weighted by Gasteiger charge is 2.17. The summed E-state index contributed by atoms with van der Waals surface area (Å²) in [6.07, 6.45) is 0. The van der Waals surface area contributed by atoms with Gasteiger partial charge in [-0.15, -0.1) is 11.3 Å². The third-order valence-corrected chi connectivity index (χ3v) is 4.50. The number of carbonyl (C=O) groups excluding carboxylic acids is 1. The first-order valence-corrected chi connectivity index (χ1v) is 7.16. The van der Waals surface area contributed by atoms with E-state index in [1.165, 1.54) is 36.6 Å². The van der Waals surface area contributed by atoms with Crippen LogP contribution in [0.1, 0.15) is 25.6 Å². The maximum Gasteiger partial charge on any atom is 0.335 e. The van der Waals surface area contributed by atoms with E-state index in [1.807, 2.05) is 0 Å². The van der Waals surface area contributed by atoms with Crippen LogP contribution < -0.4 is 10.1 Å². The molecule has 0 atom stereocenters. The molecular weight excluding hydrogens is 314 g/mol. The van der Waals surface area contributed by atoms with Gasteiger partial charge in [0.2, 0.25) is 0 Å². The van der Waals surface area contributed by atoms with E-state index in [9.17, 15) is 9.59 Å². The van der Waals surface area contributed by atoms with Gasteiger partial charge < -0.3 is 15.2 Å². The number of hydrogen-bond donors (Lipinski definition) is 2. The first-order chi connectivity index (χ1) is 9.93. The third-order valence-electron chi connectivity index (χ3n) is 2.80. The minimum absolute atomic E-state index is 0.0551. The van der Waals surface area contributed by atoms with E-state index in [1.54, 1.807) is 12.3 Å². The first kappa shape index (κ1) is 15.3. The maximum absolute atomic E-state index is 12.2. The minimum atomic E-state index is -1.09. The number of benzene rings is 1. The van der Waals surface area contributed by atoms with Gasteiger partial charge in [-0.2, -0.15) is 0 Å². The summed E-state index contributed by atoms with van der Waals surface area (Å²) in [7, 11) is 1.44. The number of aromatic carboxylic acids is 1. The lowest BCUT2D eigenvalue weighted by Gasteiger charge is -2.10. The molecule has 0 fully saturated rings. The van der Waals surface area contributed by atoms with Gasteiger partial charge in [0.05, 0.1) is 23.4 Å². The van der Waals surface area contributed by atoms with Gasteiger partial charge >= 0.3 is 5.97 Å². The molecule has 1 aromatic carbocycles. The van der Waals surface area contributed by atoms with Crippen molar-refractivity contribution in [2.24, 2.45) is 0 Å². The normalized spacial score (nSPS) is 10.2. The molecule has 2 N–H and O–H groups in total. The van der Waals surface area contributed by atoms with Crippen LogP contribution in [0.5, 0.6) is 5.75 Å². The van der Waals surface area contributed by atoms with E-state index in [0.29, 0.717) is 15.6 Å². The second kappa shape index (κ2) is 6.15. The predicted octanol–water partition coefficient (Wildman–Crippen LogP) is 3.67. The van der Waals surface area contributed by atoms with Crippen molar-refractivity contribution in [1.29, 1.82) is 0 Å². The van der Waals surface area contributed by atoms with Crippen LogP contribution >= 0.6 is 22.9 Å². The fourth-order valence-electron chi connectivity index (χ4n) is 1.70. The Morgan fingerprint density at radius 3 is 2.62 bits per heavy atom. The monoisotopic (exact) mass is 325 g/mol. The molecule has 0 unspecified atom stereocenters. The van der Waals surface area contributed by atoms with Crippen LogP contribution in [0.2, 0.25) is 5.02 Å². The van der Waals surface area contributed by atoms with Crippen molar-refractivity contribution in [2.75, 3.05) is 12.4 Å². The summed E-state index contributed by atoms with van der Waals surface area (Å²) < 4.78 is 5.12. The lowest BCUT2D eigenvalue weighted by Crippen LogP contribution is -2.12. The molecule has 1 amide bonds. The summed E-state index contributed by atoms with van der Waals surface area (Å²) in [4.78, 5) is 23.6. The molecule has 0 aliphatic rings. The summed E-state index contributed by atoms with van der Waals surface area (Å²) in [5, 5.41) is 13.8. The molecule has 0 saturated heterocycles. The van der Waals surface area contributed by atoms with Crippen LogP contribution in [0.3, 0.4) is 0 Å². The summed E-state index contributed by atoms with van der Waals surface area (Å²) in [5.41, 5.74) is 1.15. The molecule has 2 rings (SSSR count). The van der Waals surface area contributed by atoms with E-state index in [4.69, 9.17) is 21.4 Å². The molecule has 0 bridgehead atoms. The number of thiophene rings is 1. The Bertz CT molecular complexity index is 711.